The lowest BCUT2D eigenvalue weighted by Crippen LogP contribution is -2.33. The molecule has 0 aliphatic carbocycles. The summed E-state index contributed by atoms with van der Waals surface area (Å²) >= 11 is 0. The maximum atomic E-state index is 12.0. The van der Waals surface area contributed by atoms with E-state index in [1.807, 2.05) is 61.9 Å². The molecule has 1 aliphatic rings. The van der Waals surface area contributed by atoms with E-state index in [0.29, 0.717) is 18.7 Å². The van der Waals surface area contributed by atoms with Crippen molar-refractivity contribution in [3.63, 3.8) is 0 Å². The van der Waals surface area contributed by atoms with Gasteiger partial charge in [0.25, 0.3) is 5.91 Å². The van der Waals surface area contributed by atoms with Gasteiger partial charge in [0, 0.05) is 42.2 Å². The number of ether oxygens (including phenoxy) is 1. The lowest BCUT2D eigenvalue weighted by Gasteiger charge is -2.26. The van der Waals surface area contributed by atoms with Crippen LogP contribution >= 0.6 is 0 Å². The van der Waals surface area contributed by atoms with E-state index >= 15 is 0 Å². The van der Waals surface area contributed by atoms with E-state index in [4.69, 9.17) is 4.74 Å². The molecule has 7 nitrogen and oxygen atoms in total. The number of hydrogen-bond acceptors (Lipinski definition) is 5. The molecule has 0 radical (unpaired) electrons. The first kappa shape index (κ1) is 23.1. The number of carbonyl (C=O) groups is 1. The van der Waals surface area contributed by atoms with Crippen molar-refractivity contribution in [3.05, 3.63) is 72.7 Å². The number of rotatable bonds is 8. The van der Waals surface area contributed by atoms with Crippen LogP contribution in [0.2, 0.25) is 0 Å². The average molecular weight is 470 g/mol. The number of amides is 1. The fraction of sp³-hybridized carbons (Fsp3) is 0.321. The van der Waals surface area contributed by atoms with Gasteiger partial charge in [-0.2, -0.15) is 5.10 Å². The Labute approximate surface area is 205 Å². The summed E-state index contributed by atoms with van der Waals surface area (Å²) in [4.78, 5) is 19.2. The fourth-order valence-corrected chi connectivity index (χ4v) is 4.51. The second-order valence-corrected chi connectivity index (χ2v) is 8.88. The molecule has 0 saturated carbocycles. The molecule has 1 N–H and O–H groups in total. The van der Waals surface area contributed by atoms with Crippen LogP contribution in [0, 0.1) is 0 Å². The SMILES string of the molecule is CCNC(=O)c1ccc(-c2cnn3cc(-c4ccc(OCCN5CCCCC5)cc4)cnc23)cc1. The summed E-state index contributed by atoms with van der Waals surface area (Å²) in [5.74, 6) is 0.817. The van der Waals surface area contributed by atoms with Crippen LogP contribution in [0.25, 0.3) is 27.9 Å². The van der Waals surface area contributed by atoms with E-state index in [0.717, 1.165) is 40.2 Å². The molecule has 7 heteroatoms. The minimum absolute atomic E-state index is 0.0694. The molecule has 5 rings (SSSR count). The first-order valence-electron chi connectivity index (χ1n) is 12.4. The van der Waals surface area contributed by atoms with Crippen LogP contribution in [-0.4, -0.2) is 58.2 Å². The second-order valence-electron chi connectivity index (χ2n) is 8.88. The minimum Gasteiger partial charge on any atom is -0.492 e. The smallest absolute Gasteiger partial charge is 0.251 e. The molecule has 2 aromatic carbocycles. The van der Waals surface area contributed by atoms with Crippen molar-refractivity contribution >= 4 is 11.6 Å². The third-order valence-electron chi connectivity index (χ3n) is 6.46. The number of nitrogens with zero attached hydrogens (tertiary/aromatic N) is 4. The van der Waals surface area contributed by atoms with Crippen LogP contribution in [0.1, 0.15) is 36.5 Å². The van der Waals surface area contributed by atoms with Crippen molar-refractivity contribution in [1.29, 1.82) is 0 Å². The quantitative estimate of drug-likeness (QED) is 0.406. The molecule has 0 atom stereocenters. The van der Waals surface area contributed by atoms with Crippen LogP contribution in [-0.2, 0) is 0 Å². The van der Waals surface area contributed by atoms with E-state index in [9.17, 15) is 4.79 Å². The van der Waals surface area contributed by atoms with Gasteiger partial charge >= 0.3 is 0 Å². The number of likely N-dealkylation sites (tertiary alicyclic amines) is 1. The maximum Gasteiger partial charge on any atom is 0.251 e. The summed E-state index contributed by atoms with van der Waals surface area (Å²) in [5, 5.41) is 7.33. The summed E-state index contributed by atoms with van der Waals surface area (Å²) in [5.41, 5.74) is 5.36. The number of aromatic nitrogens is 3. The van der Waals surface area contributed by atoms with Crippen LogP contribution < -0.4 is 10.1 Å². The van der Waals surface area contributed by atoms with Crippen LogP contribution in [0.15, 0.2) is 67.1 Å². The average Bonchev–Trinajstić information content (AvgIpc) is 3.33. The zero-order valence-corrected chi connectivity index (χ0v) is 20.1. The molecule has 0 unspecified atom stereocenters. The van der Waals surface area contributed by atoms with Crippen LogP contribution in [0.4, 0.5) is 0 Å². The van der Waals surface area contributed by atoms with Gasteiger partial charge in [0.1, 0.15) is 12.4 Å². The first-order chi connectivity index (χ1) is 17.2. The van der Waals surface area contributed by atoms with Gasteiger partial charge in [0.15, 0.2) is 5.65 Å². The largest absolute Gasteiger partial charge is 0.492 e. The van der Waals surface area contributed by atoms with Crippen molar-refractivity contribution in [2.24, 2.45) is 0 Å². The lowest BCUT2D eigenvalue weighted by atomic mass is 10.1. The van der Waals surface area contributed by atoms with Crippen LogP contribution in [0.5, 0.6) is 5.75 Å². The van der Waals surface area contributed by atoms with Crippen molar-refractivity contribution in [2.75, 3.05) is 32.8 Å². The third kappa shape index (κ3) is 5.35. The highest BCUT2D eigenvalue weighted by atomic mass is 16.5. The molecule has 180 valence electrons. The third-order valence-corrected chi connectivity index (χ3v) is 6.46. The fourth-order valence-electron chi connectivity index (χ4n) is 4.51. The first-order valence-corrected chi connectivity index (χ1v) is 12.4. The molecule has 1 fully saturated rings. The summed E-state index contributed by atoms with van der Waals surface area (Å²) in [7, 11) is 0. The number of nitrogens with one attached hydrogen (secondary N) is 1. The lowest BCUT2D eigenvalue weighted by molar-refractivity contribution is 0.0956. The zero-order chi connectivity index (χ0) is 24.0. The Bertz CT molecular complexity index is 1280. The standard InChI is InChI=1S/C28H31N5O2/c1-2-29-28(34)23-8-6-22(7-9-23)26-19-31-33-20-24(18-30-27(26)33)21-10-12-25(13-11-21)35-17-16-32-14-4-3-5-15-32/h6-13,18-20H,2-5,14-17H2,1H3,(H,29,34). The number of hydrogen-bond donors (Lipinski definition) is 1. The Morgan fingerprint density at radius 2 is 1.69 bits per heavy atom. The van der Waals surface area contributed by atoms with Crippen molar-refractivity contribution < 1.29 is 9.53 Å². The summed E-state index contributed by atoms with van der Waals surface area (Å²) in [6, 6.07) is 15.7. The Balaban J connectivity index is 1.26. The maximum absolute atomic E-state index is 12.0. The van der Waals surface area contributed by atoms with Gasteiger partial charge in [-0.15, -0.1) is 0 Å². The Hall–Kier alpha value is -3.71. The highest BCUT2D eigenvalue weighted by Crippen LogP contribution is 2.27. The Kier molecular flexibility index (Phi) is 7.04. The topological polar surface area (TPSA) is 71.8 Å². The molecule has 1 aliphatic heterocycles. The number of fused-ring (bicyclic) bond motifs is 1. The van der Waals surface area contributed by atoms with E-state index in [2.05, 4.69) is 32.4 Å². The number of benzene rings is 2. The predicted molar refractivity (Wildman–Crippen MR) is 138 cm³/mol. The van der Waals surface area contributed by atoms with E-state index in [1.54, 1.807) is 4.52 Å². The van der Waals surface area contributed by atoms with Crippen molar-refractivity contribution in [3.8, 4) is 28.0 Å². The van der Waals surface area contributed by atoms with Crippen LogP contribution in [0.3, 0.4) is 0 Å². The summed E-state index contributed by atoms with van der Waals surface area (Å²) in [6.07, 6.45) is 9.62. The number of carbonyl (C=O) groups excluding carboxylic acids is 1. The molecular weight excluding hydrogens is 438 g/mol. The van der Waals surface area contributed by atoms with Crippen molar-refractivity contribution in [1.82, 2.24) is 24.8 Å². The monoisotopic (exact) mass is 469 g/mol. The predicted octanol–water partition coefficient (Wildman–Crippen LogP) is 4.68. The molecule has 4 aromatic rings. The molecule has 0 bridgehead atoms. The Morgan fingerprint density at radius 3 is 2.43 bits per heavy atom. The van der Waals surface area contributed by atoms with E-state index in [1.165, 1.54) is 32.4 Å². The van der Waals surface area contributed by atoms with Gasteiger partial charge in [-0.1, -0.05) is 30.7 Å². The molecule has 1 saturated heterocycles. The number of piperidine rings is 1. The van der Waals surface area contributed by atoms with Gasteiger partial charge in [-0.25, -0.2) is 9.50 Å². The molecule has 2 aromatic heterocycles. The molecule has 3 heterocycles. The van der Waals surface area contributed by atoms with Crippen molar-refractivity contribution in [2.45, 2.75) is 26.2 Å². The van der Waals surface area contributed by atoms with Gasteiger partial charge in [0.2, 0.25) is 0 Å². The summed E-state index contributed by atoms with van der Waals surface area (Å²) in [6.45, 7) is 6.59. The van der Waals surface area contributed by atoms with Gasteiger partial charge in [0.05, 0.1) is 6.20 Å². The molecule has 0 spiro atoms. The molecule has 1 amide bonds. The molecular formula is C28H31N5O2. The zero-order valence-electron chi connectivity index (χ0n) is 20.1. The van der Waals surface area contributed by atoms with Gasteiger partial charge in [-0.05, 0) is 68.2 Å². The van der Waals surface area contributed by atoms with E-state index in [-0.39, 0.29) is 5.91 Å². The normalized spacial score (nSPS) is 14.2. The Morgan fingerprint density at radius 1 is 0.943 bits per heavy atom. The highest BCUT2D eigenvalue weighted by Gasteiger charge is 2.12. The summed E-state index contributed by atoms with van der Waals surface area (Å²) < 4.78 is 7.76. The second kappa shape index (κ2) is 10.7. The minimum atomic E-state index is -0.0694. The van der Waals surface area contributed by atoms with E-state index < -0.39 is 0 Å². The van der Waals surface area contributed by atoms with Gasteiger partial charge in [-0.3, -0.25) is 9.69 Å². The highest BCUT2D eigenvalue weighted by molar-refractivity contribution is 5.94. The van der Waals surface area contributed by atoms with Gasteiger partial charge < -0.3 is 10.1 Å². The molecule has 35 heavy (non-hydrogen) atoms.